The van der Waals surface area contributed by atoms with Crippen LogP contribution >= 0.6 is 46.2 Å². The molecule has 0 saturated heterocycles. The molecule has 0 N–H and O–H groups in total. The Morgan fingerprint density at radius 1 is 0.451 bits per heavy atom. The van der Waals surface area contributed by atoms with Gasteiger partial charge in [-0.2, -0.15) is 0 Å². The van der Waals surface area contributed by atoms with Gasteiger partial charge in [0.25, 0.3) is 0 Å². The zero-order valence-electron chi connectivity index (χ0n) is 26.8. The molecular formula is C44H23N3S4. The van der Waals surface area contributed by atoms with Crippen molar-refractivity contribution < 1.29 is 0 Å². The van der Waals surface area contributed by atoms with Crippen LogP contribution < -0.4 is 0 Å². The van der Waals surface area contributed by atoms with Gasteiger partial charge in [-0.3, -0.25) is 4.57 Å². The Bertz CT molecular complexity index is 3280. The fraction of sp³-hybridized carbons (Fsp3) is 0. The number of hydrogen-bond donors (Lipinski definition) is 0. The largest absolute Gasteiger partial charge is 0.277 e. The fourth-order valence-corrected chi connectivity index (χ4v) is 12.7. The molecule has 7 heteroatoms. The summed E-state index contributed by atoms with van der Waals surface area (Å²) in [4.78, 5) is 16.3. The maximum absolute atomic E-state index is 5.65. The lowest BCUT2D eigenvalue weighted by Gasteiger charge is -2.21. The molecule has 11 aromatic rings. The normalized spacial score (nSPS) is 12.9. The van der Waals surface area contributed by atoms with E-state index in [2.05, 4.69) is 144 Å². The van der Waals surface area contributed by atoms with Crippen molar-refractivity contribution in [1.29, 1.82) is 0 Å². The minimum absolute atomic E-state index is 0.698. The van der Waals surface area contributed by atoms with Crippen molar-refractivity contribution in [3.05, 3.63) is 140 Å². The van der Waals surface area contributed by atoms with Gasteiger partial charge in [0.1, 0.15) is 0 Å². The standard InChI is InChI=1S/C44H23N3S4/c1-2-13-25-24(12-1)36-27-15-4-7-19-31(27)49-42(36)37-26-14-3-6-18-30(26)47(40(25)37)44-45-38-28-16-5-8-20-32(28)50-43(38)39(46-44)29-17-11-23-35-41(29)51-34-22-10-9-21-33(34)48-35/h1-23H. The van der Waals surface area contributed by atoms with Crippen LogP contribution in [0, 0.1) is 0 Å². The average Bonchev–Trinajstić information content (AvgIpc) is 3.87. The van der Waals surface area contributed by atoms with Gasteiger partial charge < -0.3 is 0 Å². The Hall–Kier alpha value is -5.18. The smallest absolute Gasteiger partial charge is 0.235 e. The highest BCUT2D eigenvalue weighted by molar-refractivity contribution is 8.05. The van der Waals surface area contributed by atoms with Crippen LogP contribution in [0.5, 0.6) is 0 Å². The summed E-state index contributed by atoms with van der Waals surface area (Å²) in [5.74, 6) is 0.698. The minimum Gasteiger partial charge on any atom is -0.277 e. The molecule has 5 heterocycles. The third-order valence-electron chi connectivity index (χ3n) is 10.1. The first kappa shape index (κ1) is 28.5. The third-order valence-corrected chi connectivity index (χ3v) is 15.0. The van der Waals surface area contributed by atoms with E-state index < -0.39 is 0 Å². The minimum atomic E-state index is 0.698. The molecule has 4 aromatic heterocycles. The number of para-hydroxylation sites is 1. The molecule has 0 aliphatic carbocycles. The second-order valence-corrected chi connectivity index (χ2v) is 17.1. The molecule has 0 fully saturated rings. The van der Waals surface area contributed by atoms with Crippen molar-refractivity contribution in [2.24, 2.45) is 0 Å². The predicted molar refractivity (Wildman–Crippen MR) is 220 cm³/mol. The highest BCUT2D eigenvalue weighted by Crippen LogP contribution is 2.53. The van der Waals surface area contributed by atoms with Gasteiger partial charge in [0.2, 0.25) is 5.95 Å². The van der Waals surface area contributed by atoms with Crippen molar-refractivity contribution >= 4 is 119 Å². The van der Waals surface area contributed by atoms with Crippen molar-refractivity contribution in [2.45, 2.75) is 19.6 Å². The van der Waals surface area contributed by atoms with Gasteiger partial charge in [-0.05, 0) is 41.8 Å². The lowest BCUT2D eigenvalue weighted by molar-refractivity contribution is 1.02. The highest BCUT2D eigenvalue weighted by Gasteiger charge is 2.27. The molecule has 0 saturated carbocycles. The molecule has 0 radical (unpaired) electrons. The van der Waals surface area contributed by atoms with Gasteiger partial charge in [0, 0.05) is 71.6 Å². The maximum atomic E-state index is 5.65. The Kier molecular flexibility index (Phi) is 5.96. The summed E-state index contributed by atoms with van der Waals surface area (Å²) in [6.07, 6.45) is 0. The monoisotopic (exact) mass is 721 g/mol. The molecule has 238 valence electrons. The van der Waals surface area contributed by atoms with Crippen LogP contribution in [0.1, 0.15) is 0 Å². The molecule has 0 bridgehead atoms. The summed E-state index contributed by atoms with van der Waals surface area (Å²) in [7, 11) is 0. The van der Waals surface area contributed by atoms with Crippen molar-refractivity contribution in [2.75, 3.05) is 0 Å². The SMILES string of the molecule is c1ccc2c(c1)Sc1cccc(-c3nc(-n4c5ccccc5c5c6sc7ccccc7c6c6ccccc6c54)nc4c3sc3ccccc34)c1S2. The average molecular weight is 722 g/mol. The summed E-state index contributed by atoms with van der Waals surface area (Å²) in [6, 6.07) is 50.5. The molecule has 1 aliphatic rings. The first-order valence-corrected chi connectivity index (χ1v) is 20.1. The molecular weight excluding hydrogens is 699 g/mol. The number of rotatable bonds is 2. The Morgan fingerprint density at radius 3 is 1.92 bits per heavy atom. The number of thiophene rings is 2. The lowest BCUT2D eigenvalue weighted by atomic mass is 10.00. The van der Waals surface area contributed by atoms with Gasteiger partial charge in [-0.25, -0.2) is 9.97 Å². The summed E-state index contributed by atoms with van der Waals surface area (Å²) in [6.45, 7) is 0. The van der Waals surface area contributed by atoms with Gasteiger partial charge in [-0.1, -0.05) is 127 Å². The summed E-state index contributed by atoms with van der Waals surface area (Å²) in [5, 5.41) is 8.75. The summed E-state index contributed by atoms with van der Waals surface area (Å²) < 4.78 is 7.30. The Morgan fingerprint density at radius 2 is 1.08 bits per heavy atom. The zero-order chi connectivity index (χ0) is 33.2. The summed E-state index contributed by atoms with van der Waals surface area (Å²) >= 11 is 7.38. The van der Waals surface area contributed by atoms with E-state index in [1.165, 1.54) is 66.0 Å². The van der Waals surface area contributed by atoms with E-state index in [1.807, 2.05) is 34.9 Å². The van der Waals surface area contributed by atoms with E-state index in [4.69, 9.17) is 9.97 Å². The topological polar surface area (TPSA) is 30.7 Å². The molecule has 0 spiro atoms. The molecule has 0 unspecified atom stereocenters. The Labute approximate surface area is 308 Å². The van der Waals surface area contributed by atoms with Crippen LogP contribution in [0.4, 0.5) is 0 Å². The molecule has 3 nitrogen and oxygen atoms in total. The molecule has 7 aromatic carbocycles. The first-order valence-electron chi connectivity index (χ1n) is 16.8. The number of benzene rings is 7. The molecule has 12 rings (SSSR count). The number of hydrogen-bond acceptors (Lipinski definition) is 6. The van der Waals surface area contributed by atoms with E-state index >= 15 is 0 Å². The fourth-order valence-electron chi connectivity index (χ4n) is 7.93. The quantitative estimate of drug-likeness (QED) is 0.178. The van der Waals surface area contributed by atoms with Gasteiger partial charge in [0.05, 0.1) is 26.9 Å². The van der Waals surface area contributed by atoms with E-state index in [0.29, 0.717) is 5.95 Å². The van der Waals surface area contributed by atoms with Crippen LogP contribution in [0.2, 0.25) is 0 Å². The van der Waals surface area contributed by atoms with Crippen molar-refractivity contribution in [3.63, 3.8) is 0 Å². The van der Waals surface area contributed by atoms with Gasteiger partial charge in [-0.15, -0.1) is 22.7 Å². The highest BCUT2D eigenvalue weighted by atomic mass is 32.2. The predicted octanol–water partition coefficient (Wildman–Crippen LogP) is 13.7. The van der Waals surface area contributed by atoms with Crippen molar-refractivity contribution in [1.82, 2.24) is 14.5 Å². The molecule has 0 amide bonds. The van der Waals surface area contributed by atoms with E-state index in [0.717, 1.165) is 37.9 Å². The van der Waals surface area contributed by atoms with Crippen LogP contribution in [-0.2, 0) is 0 Å². The van der Waals surface area contributed by atoms with Crippen LogP contribution in [0.25, 0.3) is 90.3 Å². The van der Waals surface area contributed by atoms with E-state index in [9.17, 15) is 0 Å². The van der Waals surface area contributed by atoms with E-state index in [-0.39, 0.29) is 0 Å². The molecule has 51 heavy (non-hydrogen) atoms. The van der Waals surface area contributed by atoms with Gasteiger partial charge in [0.15, 0.2) is 0 Å². The second kappa shape index (κ2) is 10.7. The lowest BCUT2D eigenvalue weighted by Crippen LogP contribution is -2.04. The maximum Gasteiger partial charge on any atom is 0.235 e. The van der Waals surface area contributed by atoms with Crippen molar-refractivity contribution in [3.8, 4) is 17.2 Å². The summed E-state index contributed by atoms with van der Waals surface area (Å²) in [5.41, 5.74) is 5.40. The Balaban J connectivity index is 1.25. The van der Waals surface area contributed by atoms with Crippen LogP contribution in [-0.4, -0.2) is 14.5 Å². The van der Waals surface area contributed by atoms with E-state index in [1.54, 1.807) is 11.3 Å². The van der Waals surface area contributed by atoms with Gasteiger partial charge >= 0.3 is 0 Å². The number of fused-ring (bicyclic) bond motifs is 15. The number of aromatic nitrogens is 3. The molecule has 0 atom stereocenters. The number of nitrogens with zero attached hydrogens (tertiary/aromatic N) is 3. The van der Waals surface area contributed by atoms with Crippen LogP contribution in [0.3, 0.4) is 0 Å². The second-order valence-electron chi connectivity index (χ2n) is 12.9. The van der Waals surface area contributed by atoms with Crippen LogP contribution in [0.15, 0.2) is 159 Å². The third kappa shape index (κ3) is 3.97. The zero-order valence-corrected chi connectivity index (χ0v) is 30.0. The molecule has 1 aliphatic heterocycles. The first-order chi connectivity index (χ1) is 25.3.